The zero-order valence-electron chi connectivity index (χ0n) is 16.7. The first kappa shape index (κ1) is 19.1. The molecule has 0 saturated carbocycles. The van der Waals surface area contributed by atoms with Gasteiger partial charge in [-0.25, -0.2) is 14.3 Å². The maximum absolute atomic E-state index is 5.13. The number of nitrogens with zero attached hydrogens (tertiary/aromatic N) is 6. The lowest BCUT2D eigenvalue weighted by Crippen LogP contribution is -2.46. The summed E-state index contributed by atoms with van der Waals surface area (Å²) in [6, 6.07) is 10.5. The van der Waals surface area contributed by atoms with E-state index in [-0.39, 0.29) is 6.04 Å². The topological polar surface area (TPSA) is 94.2 Å². The number of ether oxygens (including phenoxy) is 1. The first-order valence-electron chi connectivity index (χ1n) is 9.73. The van der Waals surface area contributed by atoms with Gasteiger partial charge in [0.2, 0.25) is 0 Å². The van der Waals surface area contributed by atoms with E-state index in [1.54, 1.807) is 20.4 Å². The minimum atomic E-state index is 0.257. The van der Waals surface area contributed by atoms with E-state index in [1.165, 1.54) is 5.56 Å². The zero-order chi connectivity index (χ0) is 20.1. The molecule has 0 aliphatic carbocycles. The van der Waals surface area contributed by atoms with Crippen LogP contribution in [0.25, 0.3) is 5.69 Å². The normalized spacial score (nSPS) is 16.5. The molecular weight excluding hydrogens is 368 g/mol. The van der Waals surface area contributed by atoms with E-state index in [0.717, 1.165) is 42.7 Å². The smallest absolute Gasteiger partial charge is 0.191 e. The van der Waals surface area contributed by atoms with Gasteiger partial charge >= 0.3 is 0 Å². The van der Waals surface area contributed by atoms with Crippen molar-refractivity contribution in [3.8, 4) is 5.69 Å². The van der Waals surface area contributed by atoms with Crippen LogP contribution in [-0.2, 0) is 30.9 Å². The summed E-state index contributed by atoms with van der Waals surface area (Å²) >= 11 is 0. The highest BCUT2D eigenvalue weighted by atomic mass is 16.5. The van der Waals surface area contributed by atoms with Gasteiger partial charge in [0.05, 0.1) is 12.2 Å². The van der Waals surface area contributed by atoms with Gasteiger partial charge in [0.25, 0.3) is 0 Å². The molecule has 9 nitrogen and oxygen atoms in total. The zero-order valence-corrected chi connectivity index (χ0v) is 16.7. The molecule has 2 N–H and O–H groups in total. The summed E-state index contributed by atoms with van der Waals surface area (Å²) in [7, 11) is 3.45. The second-order valence-corrected chi connectivity index (χ2v) is 6.98. The number of hydrogen-bond donors (Lipinski definition) is 2. The van der Waals surface area contributed by atoms with E-state index in [4.69, 9.17) is 4.74 Å². The third-order valence-corrected chi connectivity index (χ3v) is 4.91. The van der Waals surface area contributed by atoms with Gasteiger partial charge in [-0.1, -0.05) is 12.1 Å². The Labute approximate surface area is 169 Å². The molecule has 0 spiro atoms. The van der Waals surface area contributed by atoms with Crippen molar-refractivity contribution in [1.82, 2.24) is 35.2 Å². The third kappa shape index (κ3) is 4.62. The van der Waals surface area contributed by atoms with Crippen molar-refractivity contribution < 1.29 is 4.74 Å². The van der Waals surface area contributed by atoms with Crippen molar-refractivity contribution in [3.05, 3.63) is 59.9 Å². The number of rotatable bonds is 6. The highest BCUT2D eigenvalue weighted by molar-refractivity contribution is 5.79. The lowest BCUT2D eigenvalue weighted by Gasteiger charge is -2.25. The summed E-state index contributed by atoms with van der Waals surface area (Å²) in [4.78, 5) is 8.88. The Balaban J connectivity index is 1.30. The average Bonchev–Trinajstić information content (AvgIpc) is 3.41. The number of methoxy groups -OCH3 is 1. The van der Waals surface area contributed by atoms with Crippen LogP contribution in [0.1, 0.15) is 23.6 Å². The van der Waals surface area contributed by atoms with Gasteiger partial charge in [0, 0.05) is 45.6 Å². The second kappa shape index (κ2) is 8.87. The van der Waals surface area contributed by atoms with Crippen LogP contribution in [0.5, 0.6) is 0 Å². The fraction of sp³-hybridized carbons (Fsp3) is 0.400. The molecule has 1 aliphatic heterocycles. The van der Waals surface area contributed by atoms with Crippen molar-refractivity contribution in [3.63, 3.8) is 0 Å². The monoisotopic (exact) mass is 394 g/mol. The number of aliphatic imine (C=N–C) groups is 1. The Bertz CT molecular complexity index is 946. The van der Waals surface area contributed by atoms with Crippen molar-refractivity contribution in [2.75, 3.05) is 14.2 Å². The van der Waals surface area contributed by atoms with Crippen molar-refractivity contribution in [2.24, 2.45) is 4.99 Å². The highest BCUT2D eigenvalue weighted by Crippen LogP contribution is 2.13. The molecule has 9 heteroatoms. The molecule has 0 fully saturated rings. The van der Waals surface area contributed by atoms with Crippen LogP contribution < -0.4 is 10.6 Å². The van der Waals surface area contributed by atoms with Gasteiger partial charge in [-0.3, -0.25) is 4.99 Å². The molecule has 0 bridgehead atoms. The molecule has 0 saturated heterocycles. The molecule has 3 aromatic rings. The lowest BCUT2D eigenvalue weighted by atomic mass is 10.1. The number of hydrogen-bond acceptors (Lipinski definition) is 5. The standard InChI is InChI=1S/C20H26N8O/c1-21-20(22-12-15-4-7-17(8-5-15)27-11-3-10-23-27)24-16-6-9-19-25-18(14-29-2)26-28(19)13-16/h3-5,7-8,10-11,16H,6,9,12-14H2,1-2H3,(H2,21,22,24). The Morgan fingerprint density at radius 3 is 2.90 bits per heavy atom. The number of aryl methyl sites for hydroxylation is 1. The van der Waals surface area contributed by atoms with E-state index in [1.807, 2.05) is 21.6 Å². The number of fused-ring (bicyclic) bond motifs is 1. The van der Waals surface area contributed by atoms with Gasteiger partial charge in [0.1, 0.15) is 12.4 Å². The summed E-state index contributed by atoms with van der Waals surface area (Å²) in [6.07, 6.45) is 5.59. The SMILES string of the molecule is CN=C(NCc1ccc(-n2cccn2)cc1)NC1CCc2nc(COC)nn2C1. The highest BCUT2D eigenvalue weighted by Gasteiger charge is 2.22. The molecule has 1 aliphatic rings. The first-order chi connectivity index (χ1) is 14.2. The minimum absolute atomic E-state index is 0.257. The number of guanidine groups is 1. The van der Waals surface area contributed by atoms with Crippen molar-refractivity contribution in [2.45, 2.75) is 38.6 Å². The fourth-order valence-corrected chi connectivity index (χ4v) is 3.43. The quantitative estimate of drug-likeness (QED) is 0.483. The number of aromatic nitrogens is 5. The van der Waals surface area contributed by atoms with Gasteiger partial charge in [0.15, 0.2) is 11.8 Å². The molecule has 0 radical (unpaired) electrons. The summed E-state index contributed by atoms with van der Waals surface area (Å²) < 4.78 is 8.94. The summed E-state index contributed by atoms with van der Waals surface area (Å²) in [5.41, 5.74) is 2.22. The van der Waals surface area contributed by atoms with Crippen LogP contribution in [0.15, 0.2) is 47.7 Å². The van der Waals surface area contributed by atoms with Crippen LogP contribution in [-0.4, -0.2) is 50.7 Å². The lowest BCUT2D eigenvalue weighted by molar-refractivity contribution is 0.177. The fourth-order valence-electron chi connectivity index (χ4n) is 3.43. The third-order valence-electron chi connectivity index (χ3n) is 4.91. The minimum Gasteiger partial charge on any atom is -0.377 e. The Morgan fingerprint density at radius 2 is 2.17 bits per heavy atom. The van der Waals surface area contributed by atoms with Crippen LogP contribution in [0.3, 0.4) is 0 Å². The molecule has 4 rings (SSSR count). The van der Waals surface area contributed by atoms with Gasteiger partial charge in [-0.15, -0.1) is 0 Å². The van der Waals surface area contributed by atoms with E-state index < -0.39 is 0 Å². The molecule has 1 aromatic carbocycles. The van der Waals surface area contributed by atoms with Crippen LogP contribution >= 0.6 is 0 Å². The van der Waals surface area contributed by atoms with E-state index in [0.29, 0.717) is 13.2 Å². The van der Waals surface area contributed by atoms with E-state index >= 15 is 0 Å². The molecule has 1 unspecified atom stereocenters. The molecule has 152 valence electrons. The van der Waals surface area contributed by atoms with Crippen LogP contribution in [0.4, 0.5) is 0 Å². The molecule has 2 aromatic heterocycles. The Morgan fingerprint density at radius 1 is 1.31 bits per heavy atom. The van der Waals surface area contributed by atoms with Gasteiger partial charge < -0.3 is 15.4 Å². The Hall–Kier alpha value is -3.20. The molecule has 0 amide bonds. The summed E-state index contributed by atoms with van der Waals surface area (Å²) in [6.45, 7) is 1.91. The average molecular weight is 394 g/mol. The molecule has 1 atom stereocenters. The molecular formula is C20H26N8O. The summed E-state index contributed by atoms with van der Waals surface area (Å²) in [5, 5.41) is 15.7. The molecule has 3 heterocycles. The van der Waals surface area contributed by atoms with E-state index in [9.17, 15) is 0 Å². The van der Waals surface area contributed by atoms with Crippen molar-refractivity contribution in [1.29, 1.82) is 0 Å². The largest absolute Gasteiger partial charge is 0.377 e. The maximum Gasteiger partial charge on any atom is 0.191 e. The Kier molecular flexibility index (Phi) is 5.85. The number of benzene rings is 1. The second-order valence-electron chi connectivity index (χ2n) is 6.98. The predicted molar refractivity (Wildman–Crippen MR) is 110 cm³/mol. The summed E-state index contributed by atoms with van der Waals surface area (Å²) in [5.74, 6) is 2.55. The van der Waals surface area contributed by atoms with Crippen LogP contribution in [0, 0.1) is 0 Å². The number of nitrogens with one attached hydrogen (secondary N) is 2. The first-order valence-corrected chi connectivity index (χ1v) is 9.73. The van der Waals surface area contributed by atoms with Gasteiger partial charge in [-0.05, 0) is 30.2 Å². The van der Waals surface area contributed by atoms with Gasteiger partial charge in [-0.2, -0.15) is 10.2 Å². The predicted octanol–water partition coefficient (Wildman–Crippen LogP) is 1.29. The maximum atomic E-state index is 5.13. The van der Waals surface area contributed by atoms with Crippen LogP contribution in [0.2, 0.25) is 0 Å². The molecule has 29 heavy (non-hydrogen) atoms. The van der Waals surface area contributed by atoms with E-state index in [2.05, 4.69) is 55.1 Å². The van der Waals surface area contributed by atoms with Crippen molar-refractivity contribution >= 4 is 5.96 Å².